The summed E-state index contributed by atoms with van der Waals surface area (Å²) in [4.78, 5) is 11.8. The van der Waals surface area contributed by atoms with Crippen molar-refractivity contribution in [3.8, 4) is 23.3 Å². The highest BCUT2D eigenvalue weighted by atomic mass is 16.5. The van der Waals surface area contributed by atoms with Crippen molar-refractivity contribution in [1.29, 1.82) is 5.26 Å². The van der Waals surface area contributed by atoms with E-state index in [1.165, 1.54) is 18.9 Å². The predicted octanol–water partition coefficient (Wildman–Crippen LogP) is 8.38. The van der Waals surface area contributed by atoms with Crippen LogP contribution >= 0.6 is 0 Å². The van der Waals surface area contributed by atoms with Gasteiger partial charge in [-0.05, 0) is 56.5 Å². The fraction of sp³-hybridized carbons (Fsp3) is 0.233. The Bertz CT molecular complexity index is 1820. The Morgan fingerprint density at radius 1 is 0.860 bits per heavy atom. The smallest absolute Gasteiger partial charge is 0.228 e. The molecule has 0 aliphatic heterocycles. The summed E-state index contributed by atoms with van der Waals surface area (Å²) in [5.41, 5.74) is 4.02. The molecule has 43 heavy (non-hydrogen) atoms. The molecule has 13 heteroatoms. The van der Waals surface area contributed by atoms with Crippen molar-refractivity contribution in [2.75, 3.05) is 14.2 Å². The van der Waals surface area contributed by atoms with Crippen molar-refractivity contribution in [1.82, 2.24) is 19.6 Å². The van der Waals surface area contributed by atoms with E-state index in [1.54, 1.807) is 42.8 Å². The lowest BCUT2D eigenvalue weighted by Crippen LogP contribution is -2.00. The Hall–Kier alpha value is -5.77. The van der Waals surface area contributed by atoms with E-state index in [0.717, 1.165) is 25.0 Å². The molecule has 0 atom stereocenters. The summed E-state index contributed by atoms with van der Waals surface area (Å²) in [6, 6.07) is 14.5. The SMILES string of the molecule is COc1cc(N=Nc2c(C)nn(-c3ccccc3)c2N=O)c(OC)cc1N=Nc1c(C)nn(C2=CCCCC=C2)c1C#N. The highest BCUT2D eigenvalue weighted by molar-refractivity contribution is 5.69. The second kappa shape index (κ2) is 12.8. The van der Waals surface area contributed by atoms with E-state index in [4.69, 9.17) is 9.47 Å². The van der Waals surface area contributed by atoms with Crippen molar-refractivity contribution in [3.63, 3.8) is 0 Å². The van der Waals surface area contributed by atoms with Gasteiger partial charge >= 0.3 is 0 Å². The van der Waals surface area contributed by atoms with Crippen LogP contribution in [-0.4, -0.2) is 33.8 Å². The third kappa shape index (κ3) is 5.84. The summed E-state index contributed by atoms with van der Waals surface area (Å²) in [5.74, 6) is 0.680. The van der Waals surface area contributed by atoms with Crippen molar-refractivity contribution in [2.45, 2.75) is 33.1 Å². The van der Waals surface area contributed by atoms with Crippen molar-refractivity contribution >= 4 is 34.3 Å². The number of para-hydroxylation sites is 1. The van der Waals surface area contributed by atoms with Gasteiger partial charge in [0.15, 0.2) is 11.4 Å². The Morgan fingerprint density at radius 2 is 1.49 bits per heavy atom. The van der Waals surface area contributed by atoms with Crippen molar-refractivity contribution in [2.24, 2.45) is 25.6 Å². The topological polar surface area (TPSA) is 157 Å². The van der Waals surface area contributed by atoms with Gasteiger partial charge in [0.1, 0.15) is 34.6 Å². The van der Waals surface area contributed by atoms with Crippen LogP contribution in [-0.2, 0) is 0 Å². The maximum absolute atomic E-state index is 11.8. The van der Waals surface area contributed by atoms with Crippen LogP contribution in [0.4, 0.5) is 28.6 Å². The van der Waals surface area contributed by atoms with Crippen LogP contribution in [0.2, 0.25) is 0 Å². The third-order valence-corrected chi connectivity index (χ3v) is 6.68. The largest absolute Gasteiger partial charge is 0.494 e. The van der Waals surface area contributed by atoms with Crippen LogP contribution in [0.15, 0.2) is 86.3 Å². The molecular weight excluding hydrogens is 548 g/mol. The molecule has 0 unspecified atom stereocenters. The average molecular weight is 577 g/mol. The zero-order chi connectivity index (χ0) is 30.3. The van der Waals surface area contributed by atoms with Gasteiger partial charge < -0.3 is 9.47 Å². The van der Waals surface area contributed by atoms with E-state index < -0.39 is 0 Å². The van der Waals surface area contributed by atoms with Crippen LogP contribution in [0.5, 0.6) is 11.5 Å². The van der Waals surface area contributed by atoms with E-state index in [1.807, 2.05) is 24.3 Å². The molecule has 2 aromatic heterocycles. The van der Waals surface area contributed by atoms with Gasteiger partial charge in [-0.3, -0.25) is 0 Å². The van der Waals surface area contributed by atoms with Gasteiger partial charge in [0.25, 0.3) is 0 Å². The number of hydrogen-bond acceptors (Lipinski definition) is 11. The highest BCUT2D eigenvalue weighted by Gasteiger charge is 2.20. The lowest BCUT2D eigenvalue weighted by Gasteiger charge is -2.09. The summed E-state index contributed by atoms with van der Waals surface area (Å²) < 4.78 is 14.1. The summed E-state index contributed by atoms with van der Waals surface area (Å²) in [5, 5.41) is 39.4. The number of azo groups is 2. The van der Waals surface area contributed by atoms with Gasteiger partial charge in [0.05, 0.1) is 37.0 Å². The minimum atomic E-state index is 0.0168. The maximum atomic E-state index is 11.8. The molecule has 216 valence electrons. The zero-order valence-corrected chi connectivity index (χ0v) is 24.1. The summed E-state index contributed by atoms with van der Waals surface area (Å²) in [7, 11) is 2.97. The molecule has 0 bridgehead atoms. The molecule has 1 aliphatic rings. The molecule has 13 nitrogen and oxygen atoms in total. The zero-order valence-electron chi connectivity index (χ0n) is 24.1. The minimum absolute atomic E-state index is 0.0168. The van der Waals surface area contributed by atoms with E-state index in [0.29, 0.717) is 45.6 Å². The molecule has 2 aromatic carbocycles. The van der Waals surface area contributed by atoms with E-state index >= 15 is 0 Å². The molecule has 0 fully saturated rings. The Balaban J connectivity index is 1.49. The molecule has 4 aromatic rings. The molecule has 0 amide bonds. The molecule has 0 saturated heterocycles. The monoisotopic (exact) mass is 576 g/mol. The van der Waals surface area contributed by atoms with Crippen LogP contribution in [0.3, 0.4) is 0 Å². The molecule has 0 saturated carbocycles. The first-order chi connectivity index (χ1) is 21.0. The van der Waals surface area contributed by atoms with Gasteiger partial charge in [-0.15, -0.1) is 25.4 Å². The number of benzene rings is 2. The van der Waals surface area contributed by atoms with Gasteiger partial charge in [-0.2, -0.15) is 15.5 Å². The average Bonchev–Trinajstić information content (AvgIpc) is 3.37. The van der Waals surface area contributed by atoms with Crippen molar-refractivity contribution < 1.29 is 9.47 Å². The molecule has 0 radical (unpaired) electrons. The fourth-order valence-corrected chi connectivity index (χ4v) is 4.53. The Morgan fingerprint density at radius 3 is 2.12 bits per heavy atom. The number of aromatic nitrogens is 4. The number of hydrogen-bond donors (Lipinski definition) is 0. The number of methoxy groups -OCH3 is 2. The van der Waals surface area contributed by atoms with Crippen LogP contribution in [0.25, 0.3) is 11.4 Å². The second-order valence-electron chi connectivity index (χ2n) is 9.46. The minimum Gasteiger partial charge on any atom is -0.494 e. The molecule has 0 N–H and O–H groups in total. The predicted molar refractivity (Wildman–Crippen MR) is 161 cm³/mol. The third-order valence-electron chi connectivity index (χ3n) is 6.68. The van der Waals surface area contributed by atoms with Crippen molar-refractivity contribution in [3.05, 3.63) is 82.7 Å². The molecule has 2 heterocycles. The standard InChI is InChI=1S/C30H28N10O3/c1-19-28(25(18-31)39(36-19)21-12-8-5-6-9-13-21)34-32-23-16-27(43-4)24(17-26(23)42-3)33-35-29-20(2)37-40(30(29)38-41)22-14-10-7-11-15-22/h7-8,10-17H,5-6,9H2,1-4H3. The first-order valence-corrected chi connectivity index (χ1v) is 13.4. The van der Waals surface area contributed by atoms with Gasteiger partial charge in [0.2, 0.25) is 5.82 Å². The van der Waals surface area contributed by atoms with E-state index in [9.17, 15) is 10.2 Å². The van der Waals surface area contributed by atoms with Crippen LogP contribution < -0.4 is 9.47 Å². The van der Waals surface area contributed by atoms with Gasteiger partial charge in [0, 0.05) is 12.1 Å². The Labute approximate surface area is 247 Å². The molecule has 5 rings (SSSR count). The number of ether oxygens (including phenoxy) is 2. The van der Waals surface area contributed by atoms with E-state index in [2.05, 4.69) is 54.1 Å². The normalized spacial score (nSPS) is 13.2. The summed E-state index contributed by atoms with van der Waals surface area (Å²) in [6.45, 7) is 3.49. The quantitative estimate of drug-likeness (QED) is 0.144. The molecular formula is C30H28N10O3. The van der Waals surface area contributed by atoms with Gasteiger partial charge in [-0.25, -0.2) is 9.36 Å². The number of rotatable bonds is 9. The fourth-order valence-electron chi connectivity index (χ4n) is 4.53. The highest BCUT2D eigenvalue weighted by Crippen LogP contribution is 2.42. The molecule has 0 spiro atoms. The first kappa shape index (κ1) is 28.7. The van der Waals surface area contributed by atoms with E-state index in [-0.39, 0.29) is 17.2 Å². The summed E-state index contributed by atoms with van der Waals surface area (Å²) in [6.07, 6.45) is 8.99. The number of nitroso groups, excluding NO2 is 1. The maximum Gasteiger partial charge on any atom is 0.228 e. The number of nitriles is 1. The first-order valence-electron chi connectivity index (χ1n) is 13.4. The Kier molecular flexibility index (Phi) is 8.57. The number of allylic oxidation sites excluding steroid dienone is 4. The van der Waals surface area contributed by atoms with Crippen LogP contribution in [0.1, 0.15) is 36.3 Å². The summed E-state index contributed by atoms with van der Waals surface area (Å²) >= 11 is 0. The number of aryl methyl sites for hydroxylation is 2. The molecule has 1 aliphatic carbocycles. The van der Waals surface area contributed by atoms with Gasteiger partial charge in [-0.1, -0.05) is 30.4 Å². The lowest BCUT2D eigenvalue weighted by molar-refractivity contribution is 0.405. The van der Waals surface area contributed by atoms with Crippen LogP contribution in [0, 0.1) is 30.1 Å². The second-order valence-corrected chi connectivity index (χ2v) is 9.46. The lowest BCUT2D eigenvalue weighted by atomic mass is 10.2. The number of nitrogens with zero attached hydrogens (tertiary/aromatic N) is 10.